The van der Waals surface area contributed by atoms with Crippen LogP contribution in [0.15, 0.2) is 0 Å². The molecule has 2 nitrogen and oxygen atoms in total. The summed E-state index contributed by atoms with van der Waals surface area (Å²) in [6, 6.07) is 0. The zero-order valence-electron chi connectivity index (χ0n) is 18.4. The fraction of sp³-hybridized carbons (Fsp3) is 0.909. The van der Waals surface area contributed by atoms with E-state index in [1.165, 1.54) is 6.42 Å². The van der Waals surface area contributed by atoms with Crippen molar-refractivity contribution >= 4 is 11.6 Å². The molecule has 0 radical (unpaired) electrons. The third-order valence-corrected chi connectivity index (χ3v) is 4.84. The normalized spacial score (nSPS) is 13.8. The van der Waals surface area contributed by atoms with E-state index >= 15 is 0 Å². The molecule has 0 aromatic rings. The Hall–Kier alpha value is -0.660. The molecule has 0 amide bonds. The van der Waals surface area contributed by atoms with E-state index in [2.05, 4.69) is 48.5 Å². The summed E-state index contributed by atoms with van der Waals surface area (Å²) in [5.41, 5.74) is 0. The van der Waals surface area contributed by atoms with E-state index in [1.807, 2.05) is 6.92 Å². The average Bonchev–Trinajstić information content (AvgIpc) is 2.51. The second-order valence-corrected chi connectivity index (χ2v) is 7.47. The van der Waals surface area contributed by atoms with E-state index in [-0.39, 0.29) is 5.78 Å². The molecule has 3 unspecified atom stereocenters. The van der Waals surface area contributed by atoms with Gasteiger partial charge in [0.15, 0.2) is 0 Å². The van der Waals surface area contributed by atoms with Crippen molar-refractivity contribution in [1.82, 2.24) is 0 Å². The summed E-state index contributed by atoms with van der Waals surface area (Å²) in [7, 11) is 0. The van der Waals surface area contributed by atoms with Crippen LogP contribution >= 0.6 is 0 Å². The molecule has 0 rings (SSSR count). The maximum atomic E-state index is 11.1. The quantitative estimate of drug-likeness (QED) is 0.447. The van der Waals surface area contributed by atoms with Gasteiger partial charge in [-0.05, 0) is 44.4 Å². The van der Waals surface area contributed by atoms with E-state index in [9.17, 15) is 9.59 Å². The zero-order valence-corrected chi connectivity index (χ0v) is 18.4. The highest BCUT2D eigenvalue weighted by molar-refractivity contribution is 5.78. The number of hydrogen-bond acceptors (Lipinski definition) is 2. The number of carbonyl (C=O) groups excluding carboxylic acids is 2. The van der Waals surface area contributed by atoms with Gasteiger partial charge < -0.3 is 4.79 Å². The van der Waals surface area contributed by atoms with Gasteiger partial charge in [0.1, 0.15) is 11.6 Å². The summed E-state index contributed by atoms with van der Waals surface area (Å²) in [5.74, 6) is 3.29. The molecule has 0 aromatic carbocycles. The van der Waals surface area contributed by atoms with Crippen molar-refractivity contribution in [2.75, 3.05) is 0 Å². The highest BCUT2D eigenvalue weighted by Crippen LogP contribution is 2.21. The lowest BCUT2D eigenvalue weighted by Gasteiger charge is -2.18. The van der Waals surface area contributed by atoms with E-state index in [0.29, 0.717) is 17.6 Å². The third-order valence-electron chi connectivity index (χ3n) is 4.84. The molecular formula is C22H46O2. The lowest BCUT2D eigenvalue weighted by Crippen LogP contribution is -2.18. The van der Waals surface area contributed by atoms with Crippen LogP contribution < -0.4 is 0 Å². The van der Waals surface area contributed by atoms with Crippen LogP contribution in [0.2, 0.25) is 0 Å². The minimum atomic E-state index is 0.289. The first-order chi connectivity index (χ1) is 11.1. The molecule has 0 aliphatic carbocycles. The van der Waals surface area contributed by atoms with Crippen LogP contribution in [0.3, 0.4) is 0 Å². The summed E-state index contributed by atoms with van der Waals surface area (Å²) < 4.78 is 0. The van der Waals surface area contributed by atoms with Gasteiger partial charge in [0.25, 0.3) is 0 Å². The first-order valence-corrected chi connectivity index (χ1v) is 10.1. The van der Waals surface area contributed by atoms with Crippen LogP contribution in [0.25, 0.3) is 0 Å². The van der Waals surface area contributed by atoms with E-state index in [4.69, 9.17) is 0 Å². The van der Waals surface area contributed by atoms with Crippen molar-refractivity contribution in [3.8, 4) is 0 Å². The summed E-state index contributed by atoms with van der Waals surface area (Å²) in [4.78, 5) is 21.2. The zero-order chi connectivity index (χ0) is 19.7. The van der Waals surface area contributed by atoms with Crippen molar-refractivity contribution < 1.29 is 9.59 Å². The Morgan fingerprint density at radius 1 is 0.750 bits per heavy atom. The number of hydrogen-bond donors (Lipinski definition) is 0. The fourth-order valence-corrected chi connectivity index (χ4v) is 2.31. The number of carbonyl (C=O) groups is 2. The van der Waals surface area contributed by atoms with Crippen molar-refractivity contribution in [2.45, 2.75) is 108 Å². The summed E-state index contributed by atoms with van der Waals surface area (Å²) in [6.07, 6.45) is 6.33. The van der Waals surface area contributed by atoms with Gasteiger partial charge in [-0.1, -0.05) is 74.7 Å². The van der Waals surface area contributed by atoms with Crippen molar-refractivity contribution in [3.63, 3.8) is 0 Å². The summed E-state index contributed by atoms with van der Waals surface area (Å²) >= 11 is 0. The van der Waals surface area contributed by atoms with Crippen LogP contribution in [-0.2, 0) is 9.59 Å². The molecule has 0 aromatic heterocycles. The van der Waals surface area contributed by atoms with Gasteiger partial charge in [0, 0.05) is 12.3 Å². The largest absolute Gasteiger partial charge is 0.300 e. The maximum absolute atomic E-state index is 11.1. The molecule has 0 heterocycles. The minimum Gasteiger partial charge on any atom is -0.300 e. The van der Waals surface area contributed by atoms with Crippen LogP contribution in [0.1, 0.15) is 108 Å². The SMILES string of the molecule is CCC(C)C(C)C.CCCC(C(C)=O)C(C)CC.CCCC(C)=O. The highest BCUT2D eigenvalue weighted by Gasteiger charge is 2.18. The highest BCUT2D eigenvalue weighted by atomic mass is 16.1. The van der Waals surface area contributed by atoms with Gasteiger partial charge in [0.2, 0.25) is 0 Å². The fourth-order valence-electron chi connectivity index (χ4n) is 2.31. The van der Waals surface area contributed by atoms with Crippen LogP contribution in [-0.4, -0.2) is 11.6 Å². The second-order valence-electron chi connectivity index (χ2n) is 7.47. The van der Waals surface area contributed by atoms with E-state index in [1.54, 1.807) is 13.8 Å². The third kappa shape index (κ3) is 19.4. The van der Waals surface area contributed by atoms with Gasteiger partial charge in [-0.3, -0.25) is 4.79 Å². The number of rotatable bonds is 9. The van der Waals surface area contributed by atoms with Gasteiger partial charge in [-0.15, -0.1) is 0 Å². The van der Waals surface area contributed by atoms with Crippen molar-refractivity contribution in [1.29, 1.82) is 0 Å². The van der Waals surface area contributed by atoms with Crippen molar-refractivity contribution in [3.05, 3.63) is 0 Å². The molecule has 0 spiro atoms. The molecular weight excluding hydrogens is 296 g/mol. The Labute approximate surface area is 153 Å². The molecule has 0 bridgehead atoms. The molecule has 2 heteroatoms. The van der Waals surface area contributed by atoms with Crippen LogP contribution in [0.5, 0.6) is 0 Å². The number of ketones is 2. The Kier molecular flexibility index (Phi) is 21.9. The lowest BCUT2D eigenvalue weighted by molar-refractivity contribution is -0.122. The van der Waals surface area contributed by atoms with E-state index < -0.39 is 0 Å². The van der Waals surface area contributed by atoms with Gasteiger partial charge in [-0.25, -0.2) is 0 Å². The summed E-state index contributed by atoms with van der Waals surface area (Å²) in [5, 5.41) is 0. The first-order valence-electron chi connectivity index (χ1n) is 10.1. The van der Waals surface area contributed by atoms with E-state index in [0.717, 1.165) is 43.9 Å². The first kappa shape index (κ1) is 28.2. The summed E-state index contributed by atoms with van der Waals surface area (Å²) in [6.45, 7) is 20.9. The van der Waals surface area contributed by atoms with Gasteiger partial charge in [0.05, 0.1) is 0 Å². The number of Topliss-reactive ketones (excluding diaryl/α,β-unsaturated/α-hetero) is 2. The molecule has 0 saturated carbocycles. The Bertz CT molecular complexity index is 294. The predicted octanol–water partition coefficient (Wildman–Crippen LogP) is 7.10. The molecule has 0 aliphatic rings. The topological polar surface area (TPSA) is 34.1 Å². The van der Waals surface area contributed by atoms with Crippen LogP contribution in [0.4, 0.5) is 0 Å². The molecule has 0 fully saturated rings. The average molecular weight is 343 g/mol. The van der Waals surface area contributed by atoms with Gasteiger partial charge >= 0.3 is 0 Å². The predicted molar refractivity (Wildman–Crippen MR) is 108 cm³/mol. The maximum Gasteiger partial charge on any atom is 0.133 e. The Balaban J connectivity index is -0.000000294. The molecule has 0 saturated heterocycles. The van der Waals surface area contributed by atoms with Crippen LogP contribution in [0, 0.1) is 23.7 Å². The standard InChI is InChI=1S/C10H20O.C7H16.C5H10O/c1-5-7-10(9(4)11)8(3)6-2;1-5-7(4)6(2)3;1-3-4-5(2)6/h8,10H,5-7H2,1-4H3;6-7H,5H2,1-4H3;3-4H2,1-2H3. The van der Waals surface area contributed by atoms with Crippen molar-refractivity contribution in [2.24, 2.45) is 23.7 Å². The molecule has 3 atom stereocenters. The molecule has 0 N–H and O–H groups in total. The minimum absolute atomic E-state index is 0.289. The lowest BCUT2D eigenvalue weighted by atomic mass is 9.85. The monoisotopic (exact) mass is 342 g/mol. The molecule has 146 valence electrons. The molecule has 0 aliphatic heterocycles. The smallest absolute Gasteiger partial charge is 0.133 e. The second kappa shape index (κ2) is 18.7. The van der Waals surface area contributed by atoms with Gasteiger partial charge in [-0.2, -0.15) is 0 Å². The Morgan fingerprint density at radius 3 is 1.33 bits per heavy atom. The Morgan fingerprint density at radius 2 is 1.21 bits per heavy atom. The molecule has 24 heavy (non-hydrogen) atoms.